The number of nitrogens with one attached hydrogen (secondary N) is 1. The van der Waals surface area contributed by atoms with Crippen LogP contribution in [0.4, 0.5) is 5.69 Å². The molecule has 0 unspecified atom stereocenters. The van der Waals surface area contributed by atoms with Gasteiger partial charge >= 0.3 is 0 Å². The standard InChI is InChI=1S/C14H14BrN3O/c1-9(10-3-2-6-17-8-10)18-14(19)12-5-4-11(15)7-13(12)16/h2-9H,16H2,1H3,(H,18,19)/t9-/m1/s1. The predicted molar refractivity (Wildman–Crippen MR) is 78.7 cm³/mol. The number of nitrogens with zero attached hydrogens (tertiary/aromatic N) is 1. The third-order valence-electron chi connectivity index (χ3n) is 2.79. The van der Waals surface area contributed by atoms with Crippen molar-refractivity contribution in [3.05, 3.63) is 58.3 Å². The summed E-state index contributed by atoms with van der Waals surface area (Å²) in [4.78, 5) is 16.2. The summed E-state index contributed by atoms with van der Waals surface area (Å²) >= 11 is 3.31. The quantitative estimate of drug-likeness (QED) is 0.855. The Kier molecular flexibility index (Phi) is 4.16. The largest absolute Gasteiger partial charge is 0.398 e. The van der Waals surface area contributed by atoms with Crippen molar-refractivity contribution in [2.24, 2.45) is 0 Å². The van der Waals surface area contributed by atoms with Crippen molar-refractivity contribution in [1.29, 1.82) is 0 Å². The van der Waals surface area contributed by atoms with E-state index in [9.17, 15) is 4.79 Å². The van der Waals surface area contributed by atoms with Crippen molar-refractivity contribution in [3.63, 3.8) is 0 Å². The van der Waals surface area contributed by atoms with Gasteiger partial charge in [0.05, 0.1) is 11.6 Å². The Balaban J connectivity index is 2.13. The van der Waals surface area contributed by atoms with Gasteiger partial charge in [0.25, 0.3) is 5.91 Å². The Bertz CT molecular complexity index is 586. The van der Waals surface area contributed by atoms with Crippen molar-refractivity contribution in [1.82, 2.24) is 10.3 Å². The Morgan fingerprint density at radius 2 is 2.21 bits per heavy atom. The van der Waals surface area contributed by atoms with Crippen molar-refractivity contribution < 1.29 is 4.79 Å². The highest BCUT2D eigenvalue weighted by Gasteiger charge is 2.13. The molecule has 0 saturated carbocycles. The maximum Gasteiger partial charge on any atom is 0.253 e. The van der Waals surface area contributed by atoms with Gasteiger partial charge in [-0.25, -0.2) is 0 Å². The van der Waals surface area contributed by atoms with Crippen LogP contribution in [0.25, 0.3) is 0 Å². The highest BCUT2D eigenvalue weighted by Crippen LogP contribution is 2.19. The number of nitrogens with two attached hydrogens (primary N) is 1. The van der Waals surface area contributed by atoms with Gasteiger partial charge in [-0.1, -0.05) is 22.0 Å². The number of amides is 1. The molecule has 0 spiro atoms. The molecule has 1 heterocycles. The molecule has 1 aromatic heterocycles. The van der Waals surface area contributed by atoms with Crippen LogP contribution in [0.5, 0.6) is 0 Å². The Hall–Kier alpha value is -1.88. The molecule has 0 aliphatic carbocycles. The summed E-state index contributed by atoms with van der Waals surface area (Å²) in [5.74, 6) is -0.193. The molecule has 0 fully saturated rings. The van der Waals surface area contributed by atoms with Gasteiger partial charge in [0.15, 0.2) is 0 Å². The number of nitrogen functional groups attached to an aromatic ring is 1. The van der Waals surface area contributed by atoms with E-state index >= 15 is 0 Å². The molecular formula is C14H14BrN3O. The topological polar surface area (TPSA) is 68.0 Å². The van der Waals surface area contributed by atoms with Crippen LogP contribution in [-0.2, 0) is 0 Å². The predicted octanol–water partition coefficient (Wildman–Crippen LogP) is 2.92. The van der Waals surface area contributed by atoms with Gasteiger partial charge in [-0.3, -0.25) is 9.78 Å². The molecule has 98 valence electrons. The lowest BCUT2D eigenvalue weighted by Crippen LogP contribution is -2.27. The minimum absolute atomic E-state index is 0.121. The smallest absolute Gasteiger partial charge is 0.253 e. The minimum atomic E-state index is -0.193. The van der Waals surface area contributed by atoms with Crippen LogP contribution in [0.1, 0.15) is 28.9 Å². The number of rotatable bonds is 3. The first-order chi connectivity index (χ1) is 9.08. The lowest BCUT2D eigenvalue weighted by atomic mass is 10.1. The van der Waals surface area contributed by atoms with Gasteiger partial charge in [-0.15, -0.1) is 0 Å². The number of halogens is 1. The van der Waals surface area contributed by atoms with Crippen LogP contribution in [0.15, 0.2) is 47.2 Å². The zero-order valence-electron chi connectivity index (χ0n) is 10.4. The second-order valence-electron chi connectivity index (χ2n) is 4.21. The zero-order chi connectivity index (χ0) is 13.8. The van der Waals surface area contributed by atoms with E-state index in [0.29, 0.717) is 11.3 Å². The van der Waals surface area contributed by atoms with E-state index < -0.39 is 0 Å². The number of benzene rings is 1. The summed E-state index contributed by atoms with van der Waals surface area (Å²) in [5, 5.41) is 2.90. The van der Waals surface area contributed by atoms with E-state index in [1.807, 2.05) is 19.1 Å². The molecular weight excluding hydrogens is 306 g/mol. The summed E-state index contributed by atoms with van der Waals surface area (Å²) in [6.45, 7) is 1.91. The molecule has 0 radical (unpaired) electrons. The number of hydrogen-bond donors (Lipinski definition) is 2. The second-order valence-corrected chi connectivity index (χ2v) is 5.13. The third kappa shape index (κ3) is 3.32. The maximum absolute atomic E-state index is 12.1. The van der Waals surface area contributed by atoms with E-state index in [1.165, 1.54) is 0 Å². The number of aromatic nitrogens is 1. The molecule has 1 amide bonds. The van der Waals surface area contributed by atoms with E-state index in [0.717, 1.165) is 10.0 Å². The fourth-order valence-electron chi connectivity index (χ4n) is 1.73. The average molecular weight is 320 g/mol. The van der Waals surface area contributed by atoms with Crippen molar-refractivity contribution in [2.75, 3.05) is 5.73 Å². The first-order valence-electron chi connectivity index (χ1n) is 5.83. The zero-order valence-corrected chi connectivity index (χ0v) is 12.0. The summed E-state index contributed by atoms with van der Waals surface area (Å²) in [6.07, 6.45) is 3.43. The number of anilines is 1. The number of hydrogen-bond acceptors (Lipinski definition) is 3. The molecule has 5 heteroatoms. The molecule has 0 aliphatic heterocycles. The molecule has 3 N–H and O–H groups in total. The highest BCUT2D eigenvalue weighted by molar-refractivity contribution is 9.10. The number of carbonyl (C=O) groups is 1. The Morgan fingerprint density at radius 3 is 2.84 bits per heavy atom. The van der Waals surface area contributed by atoms with Crippen LogP contribution in [-0.4, -0.2) is 10.9 Å². The Labute approximate surface area is 120 Å². The molecule has 19 heavy (non-hydrogen) atoms. The summed E-state index contributed by atoms with van der Waals surface area (Å²) in [6, 6.07) is 8.84. The number of pyridine rings is 1. The first-order valence-corrected chi connectivity index (χ1v) is 6.63. The fourth-order valence-corrected chi connectivity index (χ4v) is 2.11. The highest BCUT2D eigenvalue weighted by atomic mass is 79.9. The third-order valence-corrected chi connectivity index (χ3v) is 3.28. The van der Waals surface area contributed by atoms with Gasteiger partial charge in [-0.05, 0) is 36.8 Å². The van der Waals surface area contributed by atoms with Crippen LogP contribution in [0, 0.1) is 0 Å². The molecule has 4 nitrogen and oxygen atoms in total. The maximum atomic E-state index is 12.1. The summed E-state index contributed by atoms with van der Waals surface area (Å²) < 4.78 is 0.849. The minimum Gasteiger partial charge on any atom is -0.398 e. The van der Waals surface area contributed by atoms with E-state index in [2.05, 4.69) is 26.2 Å². The molecule has 0 aliphatic rings. The van der Waals surface area contributed by atoms with Gasteiger partial charge in [0.2, 0.25) is 0 Å². The van der Waals surface area contributed by atoms with Gasteiger partial charge < -0.3 is 11.1 Å². The Morgan fingerprint density at radius 1 is 1.42 bits per heavy atom. The number of carbonyl (C=O) groups excluding carboxylic acids is 1. The molecule has 1 atom stereocenters. The summed E-state index contributed by atoms with van der Waals surface area (Å²) in [5.41, 5.74) is 7.70. The summed E-state index contributed by atoms with van der Waals surface area (Å²) in [7, 11) is 0. The SMILES string of the molecule is C[C@@H](NC(=O)c1ccc(Br)cc1N)c1cccnc1. The van der Waals surface area contributed by atoms with Gasteiger partial charge in [0.1, 0.15) is 0 Å². The van der Waals surface area contributed by atoms with E-state index in [4.69, 9.17) is 5.73 Å². The average Bonchev–Trinajstić information content (AvgIpc) is 2.39. The fraction of sp³-hybridized carbons (Fsp3) is 0.143. The van der Waals surface area contributed by atoms with E-state index in [1.54, 1.807) is 30.6 Å². The van der Waals surface area contributed by atoms with Crippen molar-refractivity contribution in [3.8, 4) is 0 Å². The van der Waals surface area contributed by atoms with Crippen molar-refractivity contribution in [2.45, 2.75) is 13.0 Å². The normalized spacial score (nSPS) is 11.9. The van der Waals surface area contributed by atoms with Crippen molar-refractivity contribution >= 4 is 27.5 Å². The first kappa shape index (κ1) is 13.5. The molecule has 2 rings (SSSR count). The van der Waals surface area contributed by atoms with Crippen LogP contribution in [0.3, 0.4) is 0 Å². The van der Waals surface area contributed by atoms with Crippen LogP contribution in [0.2, 0.25) is 0 Å². The van der Waals surface area contributed by atoms with Crippen LogP contribution < -0.4 is 11.1 Å². The van der Waals surface area contributed by atoms with Gasteiger partial charge in [-0.2, -0.15) is 0 Å². The lowest BCUT2D eigenvalue weighted by molar-refractivity contribution is 0.0940. The van der Waals surface area contributed by atoms with Crippen LogP contribution >= 0.6 is 15.9 Å². The monoisotopic (exact) mass is 319 g/mol. The second kappa shape index (κ2) is 5.84. The lowest BCUT2D eigenvalue weighted by Gasteiger charge is -2.14. The molecule has 2 aromatic rings. The molecule has 0 bridgehead atoms. The molecule has 1 aromatic carbocycles. The molecule has 0 saturated heterocycles. The van der Waals surface area contributed by atoms with Gasteiger partial charge in [0, 0.05) is 22.6 Å². The van der Waals surface area contributed by atoms with E-state index in [-0.39, 0.29) is 11.9 Å².